The molecule has 0 N–H and O–H groups in total. The van der Waals surface area contributed by atoms with Crippen LogP contribution in [0.25, 0.3) is 11.4 Å². The number of ketones is 1. The van der Waals surface area contributed by atoms with Gasteiger partial charge in [-0.1, -0.05) is 41.6 Å². The SMILES string of the molecule is COc1ccc(CS(=O)(=O)CC(=O)c2ccc(-c3noc(C(F)(F)Cl)n3)cc2)cc1. The lowest BCUT2D eigenvalue weighted by molar-refractivity contribution is 0.0551. The van der Waals surface area contributed by atoms with Gasteiger partial charge in [0.25, 0.3) is 0 Å². The number of hydrogen-bond donors (Lipinski definition) is 0. The molecule has 0 bridgehead atoms. The maximum atomic E-state index is 13.0. The van der Waals surface area contributed by atoms with E-state index in [-0.39, 0.29) is 17.1 Å². The monoisotopic (exact) mass is 456 g/mol. The van der Waals surface area contributed by atoms with Gasteiger partial charge in [0, 0.05) is 11.1 Å². The molecule has 0 aliphatic heterocycles. The highest BCUT2D eigenvalue weighted by Gasteiger charge is 2.35. The van der Waals surface area contributed by atoms with Gasteiger partial charge in [-0.25, -0.2) is 8.42 Å². The third kappa shape index (κ3) is 5.39. The summed E-state index contributed by atoms with van der Waals surface area (Å²) in [4.78, 5) is 15.9. The van der Waals surface area contributed by atoms with Gasteiger partial charge < -0.3 is 9.26 Å². The van der Waals surface area contributed by atoms with Crippen LogP contribution in [0.1, 0.15) is 21.8 Å². The van der Waals surface area contributed by atoms with Crippen LogP contribution in [0.4, 0.5) is 8.78 Å². The van der Waals surface area contributed by atoms with Gasteiger partial charge in [-0.05, 0) is 29.3 Å². The van der Waals surface area contributed by atoms with Crippen molar-refractivity contribution in [2.24, 2.45) is 0 Å². The number of halogens is 3. The number of Topliss-reactive ketones (excluding diaryl/α,β-unsaturated/α-hetero) is 1. The van der Waals surface area contributed by atoms with Crippen molar-refractivity contribution in [3.63, 3.8) is 0 Å². The summed E-state index contributed by atoms with van der Waals surface area (Å²) < 4.78 is 60.1. The molecule has 0 amide bonds. The second kappa shape index (κ2) is 8.49. The zero-order chi connectivity index (χ0) is 21.9. The van der Waals surface area contributed by atoms with E-state index in [4.69, 9.17) is 16.3 Å². The molecule has 3 aromatic rings. The Kier molecular flexibility index (Phi) is 6.18. The van der Waals surface area contributed by atoms with Crippen LogP contribution < -0.4 is 4.74 Å². The first-order chi connectivity index (χ1) is 14.1. The minimum absolute atomic E-state index is 0.142. The molecular weight excluding hydrogens is 442 g/mol. The highest BCUT2D eigenvalue weighted by molar-refractivity contribution is 7.91. The number of nitrogens with zero attached hydrogens (tertiary/aromatic N) is 2. The predicted octanol–water partition coefficient (Wildman–Crippen LogP) is 3.83. The van der Waals surface area contributed by atoms with Crippen molar-refractivity contribution in [3.05, 3.63) is 65.5 Å². The summed E-state index contributed by atoms with van der Waals surface area (Å²) >= 11 is 4.82. The van der Waals surface area contributed by atoms with E-state index >= 15 is 0 Å². The van der Waals surface area contributed by atoms with Gasteiger partial charge in [0.05, 0.1) is 12.9 Å². The number of benzene rings is 2. The Hall–Kier alpha value is -2.85. The van der Waals surface area contributed by atoms with Crippen LogP contribution in [0.3, 0.4) is 0 Å². The van der Waals surface area contributed by atoms with Crippen LogP contribution in [-0.2, 0) is 21.0 Å². The molecule has 0 fully saturated rings. The van der Waals surface area contributed by atoms with Crippen LogP contribution in [0, 0.1) is 0 Å². The van der Waals surface area contributed by atoms with Gasteiger partial charge in [0.2, 0.25) is 5.82 Å². The third-order valence-electron chi connectivity index (χ3n) is 4.03. The summed E-state index contributed by atoms with van der Waals surface area (Å²) in [7, 11) is -2.20. The largest absolute Gasteiger partial charge is 0.497 e. The van der Waals surface area contributed by atoms with Crippen LogP contribution in [0.15, 0.2) is 53.1 Å². The van der Waals surface area contributed by atoms with Crippen molar-refractivity contribution in [2.75, 3.05) is 12.9 Å². The highest BCUT2D eigenvalue weighted by atomic mass is 35.5. The van der Waals surface area contributed by atoms with Gasteiger partial charge in [-0.2, -0.15) is 13.8 Å². The Labute approximate surface area is 175 Å². The lowest BCUT2D eigenvalue weighted by Gasteiger charge is -2.06. The van der Waals surface area contributed by atoms with Crippen molar-refractivity contribution in [3.8, 4) is 17.1 Å². The van der Waals surface area contributed by atoms with E-state index in [0.29, 0.717) is 16.9 Å². The summed E-state index contributed by atoms with van der Waals surface area (Å²) in [6.07, 6.45) is 0. The van der Waals surface area contributed by atoms with Crippen molar-refractivity contribution in [2.45, 2.75) is 11.1 Å². The number of hydrogen-bond acceptors (Lipinski definition) is 7. The average Bonchev–Trinajstić information content (AvgIpc) is 3.19. The lowest BCUT2D eigenvalue weighted by atomic mass is 10.1. The normalized spacial score (nSPS) is 12.0. The Morgan fingerprint density at radius 3 is 2.30 bits per heavy atom. The number of sulfone groups is 1. The molecule has 0 spiro atoms. The molecule has 2 aromatic carbocycles. The summed E-state index contributed by atoms with van der Waals surface area (Å²) in [6.45, 7) is 0. The zero-order valence-corrected chi connectivity index (χ0v) is 17.1. The van der Waals surface area contributed by atoms with E-state index in [1.54, 1.807) is 24.3 Å². The number of methoxy groups -OCH3 is 1. The predicted molar refractivity (Wildman–Crippen MR) is 104 cm³/mol. The van der Waals surface area contributed by atoms with E-state index in [2.05, 4.69) is 14.7 Å². The quantitative estimate of drug-likeness (QED) is 0.375. The second-order valence-electron chi connectivity index (χ2n) is 6.30. The summed E-state index contributed by atoms with van der Waals surface area (Å²) in [5.41, 5.74) is 0.968. The molecule has 0 aliphatic carbocycles. The molecule has 0 radical (unpaired) electrons. The van der Waals surface area contributed by atoms with E-state index in [9.17, 15) is 22.0 Å². The smallest absolute Gasteiger partial charge is 0.400 e. The van der Waals surface area contributed by atoms with Crippen LogP contribution >= 0.6 is 11.6 Å². The number of rotatable bonds is 8. The minimum atomic E-state index is -3.79. The number of ether oxygens (including phenoxy) is 1. The number of carbonyl (C=O) groups is 1. The molecular formula is C19H15ClF2N2O5S. The van der Waals surface area contributed by atoms with Gasteiger partial charge in [-0.15, -0.1) is 0 Å². The minimum Gasteiger partial charge on any atom is -0.497 e. The molecule has 1 aromatic heterocycles. The molecule has 0 saturated carbocycles. The second-order valence-corrected chi connectivity index (χ2v) is 8.84. The van der Waals surface area contributed by atoms with Crippen molar-refractivity contribution in [1.82, 2.24) is 10.1 Å². The Balaban J connectivity index is 1.68. The third-order valence-corrected chi connectivity index (χ3v) is 5.67. The summed E-state index contributed by atoms with van der Waals surface area (Å²) in [6, 6.07) is 12.0. The number of carbonyl (C=O) groups excluding carboxylic acids is 1. The Morgan fingerprint density at radius 2 is 1.77 bits per heavy atom. The van der Waals surface area contributed by atoms with Crippen LogP contribution in [-0.4, -0.2) is 37.2 Å². The average molecular weight is 457 g/mol. The lowest BCUT2D eigenvalue weighted by Crippen LogP contribution is -2.18. The zero-order valence-electron chi connectivity index (χ0n) is 15.5. The molecule has 1 heterocycles. The molecule has 0 unspecified atom stereocenters. The van der Waals surface area contributed by atoms with Crippen molar-refractivity contribution < 1.29 is 31.3 Å². The summed E-state index contributed by atoms with van der Waals surface area (Å²) in [5, 5.41) is -0.387. The molecule has 3 rings (SSSR count). The molecule has 0 aliphatic rings. The molecule has 0 saturated heterocycles. The van der Waals surface area contributed by atoms with Crippen molar-refractivity contribution >= 4 is 27.2 Å². The van der Waals surface area contributed by atoms with Crippen LogP contribution in [0.5, 0.6) is 5.75 Å². The van der Waals surface area contributed by atoms with E-state index in [0.717, 1.165) is 0 Å². The molecule has 30 heavy (non-hydrogen) atoms. The van der Waals surface area contributed by atoms with Gasteiger partial charge in [0.1, 0.15) is 11.5 Å². The van der Waals surface area contributed by atoms with Gasteiger partial charge in [0.15, 0.2) is 15.6 Å². The fourth-order valence-electron chi connectivity index (χ4n) is 2.57. The van der Waals surface area contributed by atoms with Gasteiger partial charge >= 0.3 is 11.3 Å². The maximum Gasteiger partial charge on any atom is 0.400 e. The van der Waals surface area contributed by atoms with E-state index < -0.39 is 32.6 Å². The number of aromatic nitrogens is 2. The highest BCUT2D eigenvalue weighted by Crippen LogP contribution is 2.32. The Morgan fingerprint density at radius 1 is 1.13 bits per heavy atom. The molecule has 0 atom stereocenters. The van der Waals surface area contributed by atoms with Crippen LogP contribution in [0.2, 0.25) is 0 Å². The maximum absolute atomic E-state index is 13.0. The van der Waals surface area contributed by atoms with Gasteiger partial charge in [-0.3, -0.25) is 4.79 Å². The fraction of sp³-hybridized carbons (Fsp3) is 0.211. The Bertz CT molecular complexity index is 1140. The first-order valence-corrected chi connectivity index (χ1v) is 10.7. The molecule has 158 valence electrons. The fourth-order valence-corrected chi connectivity index (χ4v) is 4.02. The van der Waals surface area contributed by atoms with Crippen molar-refractivity contribution in [1.29, 1.82) is 0 Å². The molecule has 11 heteroatoms. The first-order valence-electron chi connectivity index (χ1n) is 8.45. The summed E-state index contributed by atoms with van der Waals surface area (Å²) in [5.74, 6) is -2.17. The standard InChI is InChI=1S/C19H15ClF2N2O5S/c1-28-15-8-2-12(3-9-15)10-30(26,27)11-16(25)13-4-6-14(7-5-13)17-23-18(29-24-17)19(20,21)22/h2-9H,10-11H2,1H3. The number of alkyl halides is 3. The molecule has 7 nitrogen and oxygen atoms in total. The topological polar surface area (TPSA) is 99.4 Å². The van der Waals surface area contributed by atoms with E-state index in [1.165, 1.54) is 31.4 Å². The van der Waals surface area contributed by atoms with E-state index in [1.807, 2.05) is 0 Å². The first kappa shape index (κ1) is 21.8.